The average Bonchev–Trinajstić information content (AvgIpc) is 1.69. The van der Waals surface area contributed by atoms with Crippen LogP contribution >= 0.6 is 0 Å². The van der Waals surface area contributed by atoms with Crippen LogP contribution in [0.5, 0.6) is 0 Å². The van der Waals surface area contributed by atoms with Crippen LogP contribution in [0.2, 0.25) is 0 Å². The predicted octanol–water partition coefficient (Wildman–Crippen LogP) is -0.285. The predicted molar refractivity (Wildman–Crippen MR) is 23.2 cm³/mol. The highest BCUT2D eigenvalue weighted by atomic mass is 16.5. The lowest BCUT2D eigenvalue weighted by Gasteiger charge is -1.87. The lowest BCUT2D eigenvalue weighted by Crippen LogP contribution is -2.23. The fourth-order valence-electron chi connectivity index (χ4n) is 0.308. The van der Waals surface area contributed by atoms with E-state index < -0.39 is 0 Å². The lowest BCUT2D eigenvalue weighted by molar-refractivity contribution is -0.606. The molecule has 1 aromatic rings. The molecule has 0 unspecified atom stereocenters. The molecular formula is C4H4N2O. The molecule has 1 rings (SSSR count). The molecule has 0 aliphatic heterocycles. The maximum absolute atomic E-state index is 10.1. The van der Waals surface area contributed by atoms with E-state index in [1.807, 2.05) is 0 Å². The summed E-state index contributed by atoms with van der Waals surface area (Å²) in [6, 6.07) is 0. The highest BCUT2D eigenvalue weighted by Crippen LogP contribution is 1.63. The van der Waals surface area contributed by atoms with Gasteiger partial charge in [0.15, 0.2) is 12.4 Å². The van der Waals surface area contributed by atoms with E-state index >= 15 is 0 Å². The molecule has 0 saturated heterocycles. The number of hydrogen-bond acceptors (Lipinski definition) is 2. The van der Waals surface area contributed by atoms with E-state index in [-0.39, 0.29) is 0 Å². The van der Waals surface area contributed by atoms with Gasteiger partial charge in [0.25, 0.3) is 0 Å². The van der Waals surface area contributed by atoms with Crippen LogP contribution in [0, 0.1) is 5.21 Å². The molecule has 0 fully saturated rings. The summed E-state index contributed by atoms with van der Waals surface area (Å²) in [4.78, 5) is 3.62. The first-order valence-electron chi connectivity index (χ1n) is 1.88. The molecule has 0 aliphatic rings. The van der Waals surface area contributed by atoms with Crippen molar-refractivity contribution >= 4 is 0 Å². The van der Waals surface area contributed by atoms with Crippen LogP contribution in [0.1, 0.15) is 0 Å². The summed E-state index contributed by atoms with van der Waals surface area (Å²) in [6.07, 6.45) is 5.54. The van der Waals surface area contributed by atoms with Gasteiger partial charge in [0, 0.05) is 0 Å². The Kier molecular flexibility index (Phi) is 0.898. The molecule has 7 heavy (non-hydrogen) atoms. The van der Waals surface area contributed by atoms with Crippen molar-refractivity contribution in [2.75, 3.05) is 0 Å². The molecule has 3 nitrogen and oxygen atoms in total. The van der Waals surface area contributed by atoms with Gasteiger partial charge in [0.2, 0.25) is 0 Å². The van der Waals surface area contributed by atoms with Crippen molar-refractivity contribution < 1.29 is 4.73 Å². The first-order valence-corrected chi connectivity index (χ1v) is 1.88. The van der Waals surface area contributed by atoms with Gasteiger partial charge in [0.05, 0.1) is 12.4 Å². The quantitative estimate of drug-likeness (QED) is 0.329. The molecule has 1 heterocycles. The zero-order valence-corrected chi connectivity index (χ0v) is 3.61. The second-order valence-electron chi connectivity index (χ2n) is 1.11. The Labute approximate surface area is 40.8 Å². The molecular weight excluding hydrogens is 92.1 g/mol. The van der Waals surface area contributed by atoms with Gasteiger partial charge in [-0.15, -0.1) is 0 Å². The summed E-state index contributed by atoms with van der Waals surface area (Å²) in [5, 5.41) is 10.1. The van der Waals surface area contributed by atoms with Crippen LogP contribution in [-0.4, -0.2) is 4.98 Å². The number of hydrogen-bond donors (Lipinski definition) is 0. The van der Waals surface area contributed by atoms with Crippen molar-refractivity contribution in [2.45, 2.75) is 0 Å². The lowest BCUT2D eigenvalue weighted by atomic mass is 10.8. The van der Waals surface area contributed by atoms with Crippen LogP contribution in [-0.2, 0) is 0 Å². The summed E-state index contributed by atoms with van der Waals surface area (Å²) >= 11 is 0. The van der Waals surface area contributed by atoms with Gasteiger partial charge in [-0.2, -0.15) is 4.73 Å². The Morgan fingerprint density at radius 1 is 1.29 bits per heavy atom. The fourth-order valence-corrected chi connectivity index (χ4v) is 0.308. The molecule has 0 saturated carbocycles. The normalized spacial score (nSPS) is 8.57. The topological polar surface area (TPSA) is 39.8 Å². The van der Waals surface area contributed by atoms with Gasteiger partial charge in [-0.3, -0.25) is 4.98 Å². The maximum atomic E-state index is 10.1. The molecule has 0 spiro atoms. The zero-order valence-electron chi connectivity index (χ0n) is 3.61. The minimum absolute atomic E-state index is 0.688. The highest BCUT2D eigenvalue weighted by Gasteiger charge is 1.76. The average molecular weight is 96.1 g/mol. The van der Waals surface area contributed by atoms with E-state index in [1.54, 1.807) is 0 Å². The van der Waals surface area contributed by atoms with Gasteiger partial charge in [0.1, 0.15) is 0 Å². The van der Waals surface area contributed by atoms with Gasteiger partial charge >= 0.3 is 0 Å². The fraction of sp³-hybridized carbons (Fsp3) is 0. The summed E-state index contributed by atoms with van der Waals surface area (Å²) in [5.74, 6) is 0. The second kappa shape index (κ2) is 1.55. The van der Waals surface area contributed by atoms with E-state index in [1.165, 1.54) is 24.8 Å². The number of rotatable bonds is 0. The molecule has 0 bridgehead atoms. The Hall–Kier alpha value is -1.12. The van der Waals surface area contributed by atoms with Crippen molar-refractivity contribution in [3.05, 3.63) is 30.0 Å². The zero-order chi connectivity index (χ0) is 5.11. The van der Waals surface area contributed by atoms with Crippen molar-refractivity contribution in [1.29, 1.82) is 0 Å². The second-order valence-corrected chi connectivity index (χ2v) is 1.11. The van der Waals surface area contributed by atoms with Gasteiger partial charge < -0.3 is 5.21 Å². The smallest absolute Gasteiger partial charge is 0.198 e. The first kappa shape index (κ1) is 4.05. The van der Waals surface area contributed by atoms with Crippen LogP contribution < -0.4 is 4.73 Å². The Morgan fingerprint density at radius 3 is 2.14 bits per heavy atom. The number of nitrogens with zero attached hydrogens (tertiary/aromatic N) is 2. The monoisotopic (exact) mass is 96.0 g/mol. The molecule has 0 N–H and O–H groups in total. The third-order valence-electron chi connectivity index (χ3n) is 0.599. The largest absolute Gasteiger partial charge is 0.619 e. The standard InChI is InChI=1S/C4H4N2O/c7-6-3-1-5-2-4-6/h1-4H. The Morgan fingerprint density at radius 2 is 1.86 bits per heavy atom. The first-order chi connectivity index (χ1) is 3.39. The molecule has 0 aromatic carbocycles. The van der Waals surface area contributed by atoms with Crippen LogP contribution in [0.15, 0.2) is 24.8 Å². The van der Waals surface area contributed by atoms with Crippen LogP contribution in [0.4, 0.5) is 0 Å². The molecule has 0 atom stereocenters. The SMILES string of the molecule is [O-][n+]1ccncc1. The van der Waals surface area contributed by atoms with E-state index in [2.05, 4.69) is 4.98 Å². The summed E-state index contributed by atoms with van der Waals surface area (Å²) in [5.41, 5.74) is 0. The molecule has 0 radical (unpaired) electrons. The van der Waals surface area contributed by atoms with Gasteiger partial charge in [-0.1, -0.05) is 0 Å². The molecule has 0 amide bonds. The number of aromatic nitrogens is 2. The molecule has 1 aromatic heterocycles. The molecule has 0 aliphatic carbocycles. The van der Waals surface area contributed by atoms with Crippen LogP contribution in [0.25, 0.3) is 0 Å². The minimum Gasteiger partial charge on any atom is -0.619 e. The van der Waals surface area contributed by atoms with E-state index in [4.69, 9.17) is 0 Å². The maximum Gasteiger partial charge on any atom is 0.198 e. The van der Waals surface area contributed by atoms with Crippen molar-refractivity contribution in [2.24, 2.45) is 0 Å². The highest BCUT2D eigenvalue weighted by molar-refractivity contribution is 4.63. The summed E-state index contributed by atoms with van der Waals surface area (Å²) < 4.78 is 0.688. The third-order valence-corrected chi connectivity index (χ3v) is 0.599. The van der Waals surface area contributed by atoms with Crippen LogP contribution in [0.3, 0.4) is 0 Å². The Balaban J connectivity index is 3.02. The van der Waals surface area contributed by atoms with Crippen molar-refractivity contribution in [3.63, 3.8) is 0 Å². The molecule has 36 valence electrons. The van der Waals surface area contributed by atoms with Crippen molar-refractivity contribution in [1.82, 2.24) is 4.98 Å². The minimum atomic E-state index is 0.688. The van der Waals surface area contributed by atoms with Gasteiger partial charge in [-0.25, -0.2) is 0 Å². The third kappa shape index (κ3) is 0.855. The molecule has 3 heteroatoms. The van der Waals surface area contributed by atoms with Gasteiger partial charge in [-0.05, 0) is 0 Å². The van der Waals surface area contributed by atoms with E-state index in [0.29, 0.717) is 4.73 Å². The Bertz CT molecular complexity index is 140. The van der Waals surface area contributed by atoms with E-state index in [0.717, 1.165) is 0 Å². The van der Waals surface area contributed by atoms with Crippen molar-refractivity contribution in [3.8, 4) is 0 Å². The summed E-state index contributed by atoms with van der Waals surface area (Å²) in [7, 11) is 0. The summed E-state index contributed by atoms with van der Waals surface area (Å²) in [6.45, 7) is 0. The van der Waals surface area contributed by atoms with E-state index in [9.17, 15) is 5.21 Å².